The standard InChI is InChI=1S/C19H16F2N2O4/c1-22-12-5-4-6-14(27-3)15(12)17(24)16(18(22)25)19(26)23(2)13-9-10(20)7-8-11(13)21/h4-9,16H,1-3H3. The largest absolute Gasteiger partial charge is 0.496 e. The molecule has 140 valence electrons. The van der Waals surface area contributed by atoms with Gasteiger partial charge >= 0.3 is 0 Å². The normalized spacial score (nSPS) is 16.2. The highest BCUT2D eigenvalue weighted by atomic mass is 19.1. The van der Waals surface area contributed by atoms with Crippen molar-refractivity contribution in [3.05, 3.63) is 53.6 Å². The third kappa shape index (κ3) is 2.92. The number of amides is 2. The number of carbonyl (C=O) groups excluding carboxylic acids is 3. The molecule has 2 aromatic rings. The zero-order chi connectivity index (χ0) is 19.9. The van der Waals surface area contributed by atoms with Crippen LogP contribution in [0.25, 0.3) is 0 Å². The number of halogens is 2. The second kappa shape index (κ2) is 6.79. The Kier molecular flexibility index (Phi) is 4.65. The topological polar surface area (TPSA) is 66.9 Å². The number of ether oxygens (including phenoxy) is 1. The van der Waals surface area contributed by atoms with Crippen molar-refractivity contribution in [2.75, 3.05) is 31.0 Å². The number of rotatable bonds is 3. The van der Waals surface area contributed by atoms with E-state index in [0.29, 0.717) is 5.69 Å². The van der Waals surface area contributed by atoms with E-state index in [9.17, 15) is 23.2 Å². The summed E-state index contributed by atoms with van der Waals surface area (Å²) in [7, 11) is 3.97. The minimum absolute atomic E-state index is 0.0913. The molecule has 0 spiro atoms. The van der Waals surface area contributed by atoms with Crippen molar-refractivity contribution in [1.82, 2.24) is 0 Å². The fourth-order valence-corrected chi connectivity index (χ4v) is 3.06. The van der Waals surface area contributed by atoms with Crippen LogP contribution in [0.3, 0.4) is 0 Å². The Bertz CT molecular complexity index is 961. The van der Waals surface area contributed by atoms with Crippen LogP contribution in [0, 0.1) is 17.6 Å². The van der Waals surface area contributed by atoms with Crippen LogP contribution >= 0.6 is 0 Å². The molecule has 0 radical (unpaired) electrons. The van der Waals surface area contributed by atoms with Crippen LogP contribution in [0.2, 0.25) is 0 Å². The molecule has 0 bridgehead atoms. The molecule has 2 aromatic carbocycles. The minimum Gasteiger partial charge on any atom is -0.496 e. The van der Waals surface area contributed by atoms with Crippen LogP contribution in [-0.4, -0.2) is 38.8 Å². The van der Waals surface area contributed by atoms with Crippen molar-refractivity contribution in [3.63, 3.8) is 0 Å². The van der Waals surface area contributed by atoms with Crippen molar-refractivity contribution in [1.29, 1.82) is 0 Å². The molecule has 0 aliphatic carbocycles. The van der Waals surface area contributed by atoms with E-state index in [4.69, 9.17) is 4.74 Å². The number of ketones is 1. The lowest BCUT2D eigenvalue weighted by Gasteiger charge is -2.32. The Morgan fingerprint density at radius 1 is 1.19 bits per heavy atom. The zero-order valence-electron chi connectivity index (χ0n) is 14.8. The third-order valence-electron chi connectivity index (χ3n) is 4.52. The molecule has 1 atom stereocenters. The van der Waals surface area contributed by atoms with E-state index >= 15 is 0 Å². The number of anilines is 2. The van der Waals surface area contributed by atoms with E-state index in [1.165, 1.54) is 32.2 Å². The van der Waals surface area contributed by atoms with E-state index in [-0.39, 0.29) is 17.0 Å². The molecule has 1 heterocycles. The predicted molar refractivity (Wildman–Crippen MR) is 94.0 cm³/mol. The maximum atomic E-state index is 14.0. The molecule has 6 nitrogen and oxygen atoms in total. The Hall–Kier alpha value is -3.29. The van der Waals surface area contributed by atoms with Gasteiger partial charge in [-0.15, -0.1) is 0 Å². The number of methoxy groups -OCH3 is 1. The lowest BCUT2D eigenvalue weighted by molar-refractivity contribution is -0.130. The molecule has 0 saturated carbocycles. The van der Waals surface area contributed by atoms with E-state index in [2.05, 4.69) is 0 Å². The second-order valence-electron chi connectivity index (χ2n) is 6.04. The van der Waals surface area contributed by atoms with Crippen molar-refractivity contribution >= 4 is 29.0 Å². The number of hydrogen-bond acceptors (Lipinski definition) is 4. The van der Waals surface area contributed by atoms with Crippen LogP contribution < -0.4 is 14.5 Å². The van der Waals surface area contributed by atoms with Gasteiger partial charge in [-0.3, -0.25) is 14.4 Å². The Morgan fingerprint density at radius 2 is 1.89 bits per heavy atom. The molecule has 0 saturated heterocycles. The molecule has 0 fully saturated rings. The number of carbonyl (C=O) groups is 3. The maximum Gasteiger partial charge on any atom is 0.247 e. The zero-order valence-corrected chi connectivity index (χ0v) is 14.8. The van der Waals surface area contributed by atoms with E-state index < -0.39 is 35.1 Å². The monoisotopic (exact) mass is 374 g/mol. The summed E-state index contributed by atoms with van der Waals surface area (Å²) in [5.41, 5.74) is 0.0376. The van der Waals surface area contributed by atoms with Crippen LogP contribution in [0.15, 0.2) is 36.4 Å². The summed E-state index contributed by atoms with van der Waals surface area (Å²) in [5, 5.41) is 0. The first kappa shape index (κ1) is 18.5. The molecule has 3 rings (SSSR count). The van der Waals surface area contributed by atoms with Gasteiger partial charge in [-0.2, -0.15) is 0 Å². The van der Waals surface area contributed by atoms with Gasteiger partial charge in [0.05, 0.1) is 24.0 Å². The van der Waals surface area contributed by atoms with Gasteiger partial charge in [-0.25, -0.2) is 8.78 Å². The number of nitrogens with zero attached hydrogens (tertiary/aromatic N) is 2. The SMILES string of the molecule is COc1cccc2c1C(=O)C(C(=O)N(C)c1cc(F)ccc1F)C(=O)N2C. The van der Waals surface area contributed by atoms with Gasteiger partial charge < -0.3 is 14.5 Å². The summed E-state index contributed by atoms with van der Waals surface area (Å²) < 4.78 is 32.7. The number of fused-ring (bicyclic) bond motifs is 1. The Labute approximate surface area is 153 Å². The summed E-state index contributed by atoms with van der Waals surface area (Å²) in [5.74, 6) is -5.57. The van der Waals surface area contributed by atoms with Gasteiger partial charge in [0.15, 0.2) is 11.7 Å². The van der Waals surface area contributed by atoms with Gasteiger partial charge in [-0.05, 0) is 24.3 Å². The minimum atomic E-state index is -1.72. The second-order valence-corrected chi connectivity index (χ2v) is 6.04. The van der Waals surface area contributed by atoms with Crippen LogP contribution in [0.4, 0.5) is 20.2 Å². The summed E-state index contributed by atoms with van der Waals surface area (Å²) in [6, 6.07) is 7.31. The van der Waals surface area contributed by atoms with Crippen molar-refractivity contribution in [3.8, 4) is 5.75 Å². The lowest BCUT2D eigenvalue weighted by atomic mass is 9.88. The fourth-order valence-electron chi connectivity index (χ4n) is 3.06. The van der Waals surface area contributed by atoms with E-state index in [0.717, 1.165) is 23.1 Å². The average Bonchev–Trinajstić information content (AvgIpc) is 2.66. The highest BCUT2D eigenvalue weighted by Crippen LogP contribution is 2.37. The molecule has 2 amide bonds. The molecule has 1 aliphatic heterocycles. The van der Waals surface area contributed by atoms with Crippen LogP contribution in [0.5, 0.6) is 5.75 Å². The predicted octanol–water partition coefficient (Wildman–Crippen LogP) is 2.41. The van der Waals surface area contributed by atoms with Gasteiger partial charge in [0.2, 0.25) is 11.8 Å². The first-order chi connectivity index (χ1) is 12.8. The molecule has 0 N–H and O–H groups in total. The van der Waals surface area contributed by atoms with Crippen molar-refractivity contribution in [2.24, 2.45) is 5.92 Å². The Balaban J connectivity index is 2.06. The highest BCUT2D eigenvalue weighted by molar-refractivity contribution is 6.33. The number of benzene rings is 2. The van der Waals surface area contributed by atoms with Gasteiger partial charge in [0.1, 0.15) is 17.4 Å². The van der Waals surface area contributed by atoms with E-state index in [1.807, 2.05) is 0 Å². The van der Waals surface area contributed by atoms with Gasteiger partial charge in [-0.1, -0.05) is 6.07 Å². The molecule has 0 aromatic heterocycles. The summed E-state index contributed by atoms with van der Waals surface area (Å²) >= 11 is 0. The van der Waals surface area contributed by atoms with Gasteiger partial charge in [0.25, 0.3) is 0 Å². The highest BCUT2D eigenvalue weighted by Gasteiger charge is 2.45. The first-order valence-electron chi connectivity index (χ1n) is 7.99. The van der Waals surface area contributed by atoms with E-state index in [1.54, 1.807) is 12.1 Å². The summed E-state index contributed by atoms with van der Waals surface area (Å²) in [6.45, 7) is 0. The number of Topliss-reactive ketones (excluding diaryl/α,β-unsaturated/α-hetero) is 1. The third-order valence-corrected chi connectivity index (χ3v) is 4.52. The molecular formula is C19H16F2N2O4. The van der Waals surface area contributed by atoms with Gasteiger partial charge in [0, 0.05) is 20.2 Å². The van der Waals surface area contributed by atoms with Crippen LogP contribution in [-0.2, 0) is 9.59 Å². The molecule has 27 heavy (non-hydrogen) atoms. The summed E-state index contributed by atoms with van der Waals surface area (Å²) in [6.07, 6.45) is 0. The molecule has 1 unspecified atom stereocenters. The van der Waals surface area contributed by atoms with Crippen molar-refractivity contribution < 1.29 is 27.9 Å². The molecular weight excluding hydrogens is 358 g/mol. The fraction of sp³-hybridized carbons (Fsp3) is 0.211. The maximum absolute atomic E-state index is 14.0. The average molecular weight is 374 g/mol. The molecule has 8 heteroatoms. The van der Waals surface area contributed by atoms with Crippen LogP contribution in [0.1, 0.15) is 10.4 Å². The summed E-state index contributed by atoms with van der Waals surface area (Å²) in [4.78, 5) is 40.4. The number of hydrogen-bond donors (Lipinski definition) is 0. The molecule has 1 aliphatic rings. The van der Waals surface area contributed by atoms with Crippen molar-refractivity contribution in [2.45, 2.75) is 0 Å². The lowest BCUT2D eigenvalue weighted by Crippen LogP contribution is -2.50. The first-order valence-corrected chi connectivity index (χ1v) is 7.99. The quantitative estimate of drug-likeness (QED) is 0.774. The Morgan fingerprint density at radius 3 is 2.56 bits per heavy atom. The smallest absolute Gasteiger partial charge is 0.247 e.